The van der Waals surface area contributed by atoms with E-state index in [1.165, 1.54) is 12.8 Å². The van der Waals surface area contributed by atoms with Crippen molar-refractivity contribution in [3.05, 3.63) is 20.2 Å². The molecule has 1 atom stereocenters. The summed E-state index contributed by atoms with van der Waals surface area (Å²) in [5.74, 6) is 0. The summed E-state index contributed by atoms with van der Waals surface area (Å²) in [6.45, 7) is 1.21. The van der Waals surface area contributed by atoms with Crippen LogP contribution in [0.3, 0.4) is 0 Å². The number of hydrogen-bond acceptors (Lipinski definition) is 1. The fourth-order valence-corrected chi connectivity index (χ4v) is 1.01. The molecule has 0 amide bonds. The Labute approximate surface area is 103 Å². The molecule has 3 heteroatoms. The molecular weight excluding hydrogens is 271 g/mol. The van der Waals surface area contributed by atoms with Crippen LogP contribution in [0.2, 0.25) is 0 Å². The van der Waals surface area contributed by atoms with E-state index in [0.29, 0.717) is 0 Å². The summed E-state index contributed by atoms with van der Waals surface area (Å²) < 4.78 is 0. The van der Waals surface area contributed by atoms with Gasteiger partial charge in [-0.15, -0.1) is 12.6 Å². The minimum Gasteiger partial charge on any atom is -0.658 e. The van der Waals surface area contributed by atoms with Crippen molar-refractivity contribution >= 4 is 0 Å². The second kappa shape index (κ2) is 11.3. The van der Waals surface area contributed by atoms with E-state index in [4.69, 9.17) is 5.11 Å². The maximum atomic E-state index is 8.60. The molecule has 1 N–H and O–H groups in total. The maximum Gasteiger partial charge on any atom is 0.0270 e. The van der Waals surface area contributed by atoms with E-state index >= 15 is 0 Å². The molecule has 11 heavy (non-hydrogen) atoms. The first-order valence-electron chi connectivity index (χ1n) is 3.21. The molecule has 1 radical (unpaired) electrons. The number of aliphatic hydroxyl groups excluding tert-OH is 1. The third-order valence-electron chi connectivity index (χ3n) is 1.54. The zero-order valence-corrected chi connectivity index (χ0v) is 10.3. The van der Waals surface area contributed by atoms with Gasteiger partial charge in [0, 0.05) is 47.0 Å². The first-order chi connectivity index (χ1) is 3.93. The minimum absolute atomic E-state index is 0. The van der Waals surface area contributed by atoms with Crippen LogP contribution in [0.15, 0.2) is 0 Å². The van der Waals surface area contributed by atoms with Gasteiger partial charge in [0.25, 0.3) is 0 Å². The van der Waals surface area contributed by atoms with E-state index < -0.39 is 0 Å². The number of nitrogens with zero attached hydrogens (tertiary/aromatic N) is 1. The average molecular weight is 289 g/mol. The third-order valence-corrected chi connectivity index (χ3v) is 1.54. The summed E-state index contributed by atoms with van der Waals surface area (Å²) >= 11 is 0. The van der Waals surface area contributed by atoms with Crippen molar-refractivity contribution < 1.29 is 45.5 Å². The van der Waals surface area contributed by atoms with Gasteiger partial charge in [-0.25, -0.2) is 0 Å². The molecule has 0 bridgehead atoms. The number of piperidine rings is 1. The van der Waals surface area contributed by atoms with Crippen LogP contribution in [0.4, 0.5) is 0 Å². The van der Waals surface area contributed by atoms with Gasteiger partial charge in [0.1, 0.15) is 0 Å². The topological polar surface area (TPSA) is 34.3 Å². The second-order valence-electron chi connectivity index (χ2n) is 2.24. The van der Waals surface area contributed by atoms with Crippen molar-refractivity contribution in [2.24, 2.45) is 0 Å². The summed E-state index contributed by atoms with van der Waals surface area (Å²) in [7, 11) is 0. The third kappa shape index (κ3) is 7.61. The van der Waals surface area contributed by atoms with Gasteiger partial charge in [0.2, 0.25) is 0 Å². The van der Waals surface area contributed by atoms with Crippen LogP contribution in [0, 0.1) is 55.2 Å². The van der Waals surface area contributed by atoms with E-state index in [1.807, 2.05) is 0 Å². The summed E-state index contributed by atoms with van der Waals surface area (Å²) in [6, 6.07) is 0.267. The minimum atomic E-state index is 0. The standard InChI is InChI=1S/C6H12NO.2CH3.Pm/c8-5-6-3-1-2-4-7-6;;;/h6,8H,1-5H2;2*1H3;/q3*-1;. The second-order valence-corrected chi connectivity index (χ2v) is 2.24. The van der Waals surface area contributed by atoms with E-state index in [2.05, 4.69) is 5.32 Å². The Morgan fingerprint density at radius 1 is 1.27 bits per heavy atom. The molecule has 2 nitrogen and oxygen atoms in total. The van der Waals surface area contributed by atoms with E-state index in [0.717, 1.165) is 13.0 Å². The van der Waals surface area contributed by atoms with Crippen LogP contribution in [0.1, 0.15) is 19.3 Å². The zero-order chi connectivity index (χ0) is 5.82. The van der Waals surface area contributed by atoms with Crippen LogP contribution in [-0.4, -0.2) is 24.3 Å². The molecule has 1 rings (SSSR count). The van der Waals surface area contributed by atoms with Crippen LogP contribution in [0.5, 0.6) is 0 Å². The molecule has 1 heterocycles. The zero-order valence-electron chi connectivity index (χ0n) is 7.45. The Balaban J connectivity index is -0.000000213. The summed E-state index contributed by atoms with van der Waals surface area (Å²) in [4.78, 5) is 0. The van der Waals surface area contributed by atoms with E-state index in [-0.39, 0.29) is 67.9 Å². The SMILES string of the molecule is OCC1CCCC[N-]1.[CH3-].[CH3-].[Pm]. The van der Waals surface area contributed by atoms with Gasteiger partial charge in [0.15, 0.2) is 0 Å². The summed E-state index contributed by atoms with van der Waals surface area (Å²) in [5, 5.41) is 12.8. The van der Waals surface area contributed by atoms with E-state index in [1.54, 1.807) is 0 Å². The molecule has 1 saturated heterocycles. The Morgan fingerprint density at radius 3 is 2.18 bits per heavy atom. The number of rotatable bonds is 1. The summed E-state index contributed by atoms with van der Waals surface area (Å²) in [6.07, 6.45) is 3.56. The van der Waals surface area contributed by atoms with Crippen LogP contribution in [-0.2, 0) is 0 Å². The van der Waals surface area contributed by atoms with Gasteiger partial charge in [-0.2, -0.15) is 0 Å². The van der Waals surface area contributed by atoms with Crippen molar-refractivity contribution in [2.45, 2.75) is 25.3 Å². The van der Waals surface area contributed by atoms with Crippen molar-refractivity contribution in [1.29, 1.82) is 0 Å². The van der Waals surface area contributed by atoms with Gasteiger partial charge in [-0.1, -0.05) is 19.3 Å². The monoisotopic (exact) mass is 289 g/mol. The molecule has 1 fully saturated rings. The van der Waals surface area contributed by atoms with Gasteiger partial charge >= 0.3 is 0 Å². The van der Waals surface area contributed by atoms with Crippen LogP contribution < -0.4 is 0 Å². The Hall–Kier alpha value is 1.26. The molecule has 0 aromatic rings. The molecule has 0 aromatic heterocycles. The van der Waals surface area contributed by atoms with Crippen molar-refractivity contribution in [3.63, 3.8) is 0 Å². The first kappa shape index (κ1) is 18.1. The average Bonchev–Trinajstić information content (AvgIpc) is 1.90. The summed E-state index contributed by atoms with van der Waals surface area (Å²) in [5.41, 5.74) is 0. The number of hydrogen-bond donors (Lipinski definition) is 1. The van der Waals surface area contributed by atoms with Gasteiger partial charge in [-0.3, -0.25) is 0 Å². The van der Waals surface area contributed by atoms with Gasteiger partial charge in [0.05, 0.1) is 0 Å². The van der Waals surface area contributed by atoms with E-state index in [9.17, 15) is 0 Å². The molecule has 1 aliphatic heterocycles. The number of aliphatic hydroxyl groups is 1. The fraction of sp³-hybridized carbons (Fsp3) is 0.750. The predicted molar refractivity (Wildman–Crippen MR) is 45.8 cm³/mol. The molecule has 1 unspecified atom stereocenters. The molecule has 0 aromatic carbocycles. The quantitative estimate of drug-likeness (QED) is 0.734. The van der Waals surface area contributed by atoms with Crippen LogP contribution in [0.25, 0.3) is 5.32 Å². The van der Waals surface area contributed by atoms with Gasteiger partial charge < -0.3 is 25.3 Å². The Kier molecular flexibility index (Phi) is 18.6. The predicted octanol–water partition coefficient (Wildman–Crippen LogP) is 1.81. The fourth-order valence-electron chi connectivity index (χ4n) is 1.01. The Morgan fingerprint density at radius 2 is 1.91 bits per heavy atom. The molecular formula is C8H18NOPm-3. The molecule has 0 aliphatic carbocycles. The van der Waals surface area contributed by atoms with Gasteiger partial charge in [-0.05, 0) is 0 Å². The smallest absolute Gasteiger partial charge is 0.0270 e. The molecule has 69 valence electrons. The molecule has 0 saturated carbocycles. The van der Waals surface area contributed by atoms with Crippen molar-refractivity contribution in [2.75, 3.05) is 13.2 Å². The molecule has 0 spiro atoms. The Bertz CT molecular complexity index is 65.1. The normalized spacial score (nSPS) is 22.1. The first-order valence-corrected chi connectivity index (χ1v) is 3.21. The van der Waals surface area contributed by atoms with Crippen LogP contribution >= 0.6 is 0 Å². The molecule has 1 aliphatic rings. The largest absolute Gasteiger partial charge is 0.658 e. The maximum absolute atomic E-state index is 8.60. The van der Waals surface area contributed by atoms with Crippen molar-refractivity contribution in [3.8, 4) is 0 Å². The van der Waals surface area contributed by atoms with Crippen molar-refractivity contribution in [1.82, 2.24) is 0 Å².